The fourth-order valence-corrected chi connectivity index (χ4v) is 7.52. The molecule has 1 aromatic heterocycles. The smallest absolute Gasteiger partial charge is 0.411 e. The number of aromatic amines is 1. The number of hydrogen-bond donors (Lipinski definition) is 6. The molecule has 5 aromatic rings. The molecule has 1 saturated heterocycles. The number of likely N-dealkylation sites (tertiary alicyclic amines) is 1. The van der Waals surface area contributed by atoms with Crippen molar-refractivity contribution in [3.05, 3.63) is 117 Å². The van der Waals surface area contributed by atoms with E-state index in [0.29, 0.717) is 97.1 Å². The maximum Gasteiger partial charge on any atom is 0.411 e. The highest BCUT2D eigenvalue weighted by atomic mass is 35.5. The fraction of sp³-hybridized carbons (Fsp3) is 0.333. The van der Waals surface area contributed by atoms with Gasteiger partial charge in [-0.1, -0.05) is 66.2 Å². The van der Waals surface area contributed by atoms with Gasteiger partial charge in [-0.05, 0) is 54.7 Å². The van der Waals surface area contributed by atoms with Gasteiger partial charge in [0.15, 0.2) is 0 Å². The second kappa shape index (κ2) is 20.9. The van der Waals surface area contributed by atoms with E-state index in [0.717, 1.165) is 11.1 Å². The van der Waals surface area contributed by atoms with Crippen molar-refractivity contribution in [2.24, 2.45) is 0 Å². The molecule has 316 valence electrons. The Hall–Kier alpha value is -5.93. The number of benzene rings is 4. The van der Waals surface area contributed by atoms with Crippen LogP contribution in [0.2, 0.25) is 5.02 Å². The van der Waals surface area contributed by atoms with Crippen LogP contribution in [0.1, 0.15) is 49.3 Å². The highest BCUT2D eigenvalue weighted by Gasteiger charge is 2.24. The summed E-state index contributed by atoms with van der Waals surface area (Å²) in [6.07, 6.45) is 0.699. The molecule has 0 radical (unpaired) electrons. The van der Waals surface area contributed by atoms with E-state index in [1.165, 1.54) is 19.2 Å². The van der Waals surface area contributed by atoms with E-state index in [1.54, 1.807) is 36.2 Å². The van der Waals surface area contributed by atoms with Gasteiger partial charge in [-0.3, -0.25) is 19.7 Å². The summed E-state index contributed by atoms with van der Waals surface area (Å²) >= 11 is 6.56. The zero-order valence-corrected chi connectivity index (χ0v) is 34.5. The molecule has 4 aromatic carbocycles. The average molecular weight is 839 g/mol. The van der Waals surface area contributed by atoms with E-state index < -0.39 is 12.2 Å². The molecule has 0 unspecified atom stereocenters. The number of carbonyl (C=O) groups is 3. The second-order valence-electron chi connectivity index (χ2n) is 14.8. The average Bonchev–Trinajstić information content (AvgIpc) is 3.24. The first-order valence-corrected chi connectivity index (χ1v) is 20.3. The molecule has 0 bridgehead atoms. The molecule has 1 fully saturated rings. The molecular formula is C45H51ClN6O8. The quantitative estimate of drug-likeness (QED) is 0.0592. The number of halogens is 1. The normalized spacial score (nSPS) is 13.7. The third kappa shape index (κ3) is 11.6. The van der Waals surface area contributed by atoms with Gasteiger partial charge in [0.25, 0.3) is 0 Å². The van der Waals surface area contributed by atoms with E-state index in [9.17, 15) is 29.4 Å². The molecule has 0 aliphatic carbocycles. The number of piperidine rings is 1. The minimum absolute atomic E-state index is 0.0116. The van der Waals surface area contributed by atoms with E-state index in [-0.39, 0.29) is 47.7 Å². The molecule has 3 amide bonds. The van der Waals surface area contributed by atoms with Crippen LogP contribution < -0.4 is 26.2 Å². The third-order valence-electron chi connectivity index (χ3n) is 10.6. The number of nitrogens with zero attached hydrogens (tertiary/aromatic N) is 2. The Morgan fingerprint density at radius 2 is 1.70 bits per heavy atom. The summed E-state index contributed by atoms with van der Waals surface area (Å²) in [4.78, 5) is 56.8. The Morgan fingerprint density at radius 1 is 0.950 bits per heavy atom. The van der Waals surface area contributed by atoms with Crippen LogP contribution in [0, 0.1) is 0 Å². The topological polar surface area (TPSA) is 186 Å². The van der Waals surface area contributed by atoms with Crippen LogP contribution in [-0.2, 0) is 20.9 Å². The lowest BCUT2D eigenvalue weighted by molar-refractivity contribution is -0.130. The summed E-state index contributed by atoms with van der Waals surface area (Å²) < 4.78 is 11.3. The summed E-state index contributed by atoms with van der Waals surface area (Å²) in [5, 5.41) is 30.8. The number of methoxy groups -OCH3 is 1. The van der Waals surface area contributed by atoms with E-state index in [4.69, 9.17) is 21.1 Å². The number of hydrogen-bond acceptors (Lipinski definition) is 10. The van der Waals surface area contributed by atoms with E-state index >= 15 is 0 Å². The fourth-order valence-electron chi connectivity index (χ4n) is 7.28. The molecule has 0 saturated carbocycles. The number of nitrogens with one attached hydrogen (secondary N) is 4. The molecule has 14 nitrogen and oxygen atoms in total. The predicted octanol–water partition coefficient (Wildman–Crippen LogP) is 6.67. The lowest BCUT2D eigenvalue weighted by Gasteiger charge is -2.31. The van der Waals surface area contributed by atoms with Crippen molar-refractivity contribution in [1.82, 2.24) is 20.1 Å². The number of aromatic hydroxyl groups is 1. The van der Waals surface area contributed by atoms with Crippen LogP contribution in [0.15, 0.2) is 95.8 Å². The predicted molar refractivity (Wildman–Crippen MR) is 232 cm³/mol. The lowest BCUT2D eigenvalue weighted by Crippen LogP contribution is -2.40. The van der Waals surface area contributed by atoms with Crippen molar-refractivity contribution >= 4 is 51.8 Å². The molecule has 1 aliphatic heterocycles. The molecular weight excluding hydrogens is 788 g/mol. The monoisotopic (exact) mass is 838 g/mol. The first-order chi connectivity index (χ1) is 29.0. The van der Waals surface area contributed by atoms with E-state index in [2.05, 4.69) is 25.8 Å². The van der Waals surface area contributed by atoms with Gasteiger partial charge in [-0.25, -0.2) is 4.79 Å². The van der Waals surface area contributed by atoms with Gasteiger partial charge in [0.1, 0.15) is 17.6 Å². The maximum absolute atomic E-state index is 12.9. The van der Waals surface area contributed by atoms with E-state index in [1.807, 2.05) is 54.6 Å². The van der Waals surface area contributed by atoms with Crippen LogP contribution in [-0.4, -0.2) is 95.9 Å². The maximum atomic E-state index is 12.9. The number of phenols is 1. The van der Waals surface area contributed by atoms with Crippen LogP contribution >= 0.6 is 11.6 Å². The summed E-state index contributed by atoms with van der Waals surface area (Å²) in [6.45, 7) is 2.88. The molecule has 1 atom stereocenters. The Labute approximate surface area is 353 Å². The zero-order valence-electron chi connectivity index (χ0n) is 33.7. The number of ether oxygens (including phenoxy) is 2. The molecule has 60 heavy (non-hydrogen) atoms. The Kier molecular flexibility index (Phi) is 15.2. The molecule has 0 spiro atoms. The Balaban J connectivity index is 0.877. The molecule has 6 rings (SSSR count). The number of H-pyrrole nitrogens is 1. The van der Waals surface area contributed by atoms with Gasteiger partial charge < -0.3 is 45.1 Å². The second-order valence-corrected chi connectivity index (χ2v) is 15.2. The molecule has 1 aliphatic rings. The Morgan fingerprint density at radius 3 is 2.47 bits per heavy atom. The molecule has 6 N–H and O–H groups in total. The highest BCUT2D eigenvalue weighted by molar-refractivity contribution is 6.33. The van der Waals surface area contributed by atoms with Crippen LogP contribution in [0.4, 0.5) is 16.2 Å². The summed E-state index contributed by atoms with van der Waals surface area (Å²) in [5.74, 6) is 0.130. The first-order valence-electron chi connectivity index (χ1n) is 20.0. The van der Waals surface area contributed by atoms with Gasteiger partial charge in [0, 0.05) is 87.8 Å². The number of anilines is 2. The summed E-state index contributed by atoms with van der Waals surface area (Å²) in [6, 6.07) is 26.7. The lowest BCUT2D eigenvalue weighted by atomic mass is 10.0. The number of fused-ring (bicyclic) bond motifs is 1. The molecule has 15 heteroatoms. The van der Waals surface area contributed by atoms with Crippen LogP contribution in [0.5, 0.6) is 11.5 Å². The zero-order chi connectivity index (χ0) is 42.6. The van der Waals surface area contributed by atoms with Crippen molar-refractivity contribution in [2.45, 2.75) is 50.9 Å². The number of aliphatic hydroxyl groups excluding tert-OH is 1. The van der Waals surface area contributed by atoms with Crippen molar-refractivity contribution in [3.8, 4) is 22.6 Å². The number of amides is 3. The largest absolute Gasteiger partial charge is 0.506 e. The third-order valence-corrected chi connectivity index (χ3v) is 10.9. The minimum Gasteiger partial charge on any atom is -0.506 e. The number of aliphatic hydroxyl groups is 1. The van der Waals surface area contributed by atoms with Crippen molar-refractivity contribution < 1.29 is 34.1 Å². The standard InChI is InChI=1S/C45H51ClN6O8/c1-51(43(57)20-24-52-22-18-31(19-23-52)60-45(58)49-36-12-7-6-11-32(36)29-9-4-3-5-10-29)21-8-13-41(55)48-37-26-40(59-2)30(25-35(37)46)27-47-28-39(54)33-14-16-38(53)44-34(33)15-17-42(56)50-44/h3-7,9-12,14-17,25-26,31,39,47,53-54H,8,13,18-24,27-28H2,1-2H3,(H,48,55)(H,49,58)(H,50,56)/t39-/m0/s1. The van der Waals surface area contributed by atoms with Crippen molar-refractivity contribution in [3.63, 3.8) is 0 Å². The van der Waals surface area contributed by atoms with Crippen LogP contribution in [0.3, 0.4) is 0 Å². The number of para-hydroxylation sites is 1. The highest BCUT2D eigenvalue weighted by Crippen LogP contribution is 2.33. The summed E-state index contributed by atoms with van der Waals surface area (Å²) in [5.41, 5.74) is 4.13. The number of aromatic nitrogens is 1. The van der Waals surface area contributed by atoms with Crippen LogP contribution in [0.25, 0.3) is 22.0 Å². The number of carbonyl (C=O) groups excluding carboxylic acids is 3. The number of phenolic OH excluding ortho intramolecular Hbond substituents is 1. The van der Waals surface area contributed by atoms with Gasteiger partial charge in [-0.2, -0.15) is 0 Å². The minimum atomic E-state index is -0.949. The van der Waals surface area contributed by atoms with Gasteiger partial charge in [-0.15, -0.1) is 0 Å². The van der Waals surface area contributed by atoms with Crippen molar-refractivity contribution in [2.75, 3.05) is 57.5 Å². The Bertz CT molecular complexity index is 2330. The SMILES string of the molecule is COc1cc(NC(=O)CCCN(C)C(=O)CCN2CCC(OC(=O)Nc3ccccc3-c3ccccc3)CC2)c(Cl)cc1CNC[C@H](O)c1ccc(O)c2[nH]c(=O)ccc12. The summed E-state index contributed by atoms with van der Waals surface area (Å²) in [7, 11) is 3.24. The van der Waals surface area contributed by atoms with Gasteiger partial charge in [0.2, 0.25) is 17.4 Å². The van der Waals surface area contributed by atoms with Gasteiger partial charge >= 0.3 is 6.09 Å². The van der Waals surface area contributed by atoms with Crippen molar-refractivity contribution in [1.29, 1.82) is 0 Å². The first kappa shape index (κ1) is 43.6. The number of rotatable bonds is 17. The number of pyridine rings is 1. The van der Waals surface area contributed by atoms with Gasteiger partial charge in [0.05, 0.1) is 35.1 Å². The molecule has 2 heterocycles.